The van der Waals surface area contributed by atoms with Gasteiger partial charge in [-0.1, -0.05) is 51.6 Å². The van der Waals surface area contributed by atoms with Gasteiger partial charge in [0.15, 0.2) is 5.69 Å². The number of sulfonamides is 1. The largest absolute Gasteiger partial charge is 0.287 e. The van der Waals surface area contributed by atoms with E-state index in [0.29, 0.717) is 10.7 Å². The summed E-state index contributed by atoms with van der Waals surface area (Å²) in [6.07, 6.45) is 0. The van der Waals surface area contributed by atoms with Crippen molar-refractivity contribution in [3.05, 3.63) is 67.9 Å². The molecule has 3 rings (SSSR count). The number of halogens is 4. The van der Waals surface area contributed by atoms with Crippen LogP contribution in [0.3, 0.4) is 0 Å². The quantitative estimate of drug-likeness (QED) is 0.601. The van der Waals surface area contributed by atoms with E-state index in [9.17, 15) is 13.2 Å². The summed E-state index contributed by atoms with van der Waals surface area (Å²) in [6, 6.07) is 8.57. The third-order valence-corrected chi connectivity index (χ3v) is 6.24. The number of nitrogens with zero attached hydrogens (tertiary/aromatic N) is 3. The summed E-state index contributed by atoms with van der Waals surface area (Å²) >= 11 is 23.7. The van der Waals surface area contributed by atoms with Crippen LogP contribution in [0.1, 0.15) is 16.2 Å². The molecule has 0 aliphatic heterocycles. The fourth-order valence-electron chi connectivity index (χ4n) is 2.33. The van der Waals surface area contributed by atoms with Crippen LogP contribution < -0.4 is 4.72 Å². The van der Waals surface area contributed by atoms with Gasteiger partial charge in [0.25, 0.3) is 15.9 Å². The Labute approximate surface area is 180 Å². The summed E-state index contributed by atoms with van der Waals surface area (Å²) in [4.78, 5) is 12.2. The third-order valence-electron chi connectivity index (χ3n) is 3.66. The normalized spacial score (nSPS) is 11.5. The van der Waals surface area contributed by atoms with Gasteiger partial charge in [0.2, 0.25) is 0 Å². The summed E-state index contributed by atoms with van der Waals surface area (Å²) in [5.74, 6) is -0.982. The van der Waals surface area contributed by atoms with Crippen molar-refractivity contribution < 1.29 is 13.2 Å². The number of carbonyl (C=O) groups excluding carboxylic acids is 1. The van der Waals surface area contributed by atoms with E-state index >= 15 is 0 Å². The molecule has 0 saturated carbocycles. The minimum absolute atomic E-state index is 0.0852. The molecule has 0 aliphatic rings. The first kappa shape index (κ1) is 20.9. The van der Waals surface area contributed by atoms with Gasteiger partial charge in [-0.2, -0.15) is 0 Å². The molecule has 0 aliphatic carbocycles. The van der Waals surface area contributed by atoms with E-state index in [2.05, 4.69) is 10.3 Å². The van der Waals surface area contributed by atoms with Gasteiger partial charge in [0.1, 0.15) is 4.90 Å². The molecule has 7 nitrogen and oxygen atoms in total. The number of nitrogens with one attached hydrogen (secondary N) is 1. The first-order chi connectivity index (χ1) is 13.1. The lowest BCUT2D eigenvalue weighted by molar-refractivity contribution is 0.0976. The van der Waals surface area contributed by atoms with E-state index in [4.69, 9.17) is 46.4 Å². The molecule has 146 valence electrons. The van der Waals surface area contributed by atoms with Crippen molar-refractivity contribution in [1.29, 1.82) is 0 Å². The Morgan fingerprint density at radius 1 is 1.00 bits per heavy atom. The van der Waals surface area contributed by atoms with Gasteiger partial charge in [-0.3, -0.25) is 4.79 Å². The van der Waals surface area contributed by atoms with E-state index in [1.54, 1.807) is 19.1 Å². The lowest BCUT2D eigenvalue weighted by atomic mass is 10.3. The van der Waals surface area contributed by atoms with Crippen LogP contribution in [0.4, 0.5) is 0 Å². The number of carbonyl (C=O) groups is 1. The van der Waals surface area contributed by atoms with Gasteiger partial charge in [0, 0.05) is 10.0 Å². The average molecular weight is 480 g/mol. The number of hydrogen-bond acceptors (Lipinski definition) is 5. The lowest BCUT2D eigenvalue weighted by Gasteiger charge is -2.09. The fourth-order valence-corrected chi connectivity index (χ4v) is 4.53. The molecule has 0 radical (unpaired) electrons. The van der Waals surface area contributed by atoms with Crippen LogP contribution in [0.25, 0.3) is 5.69 Å². The Morgan fingerprint density at radius 3 is 2.32 bits per heavy atom. The summed E-state index contributed by atoms with van der Waals surface area (Å²) < 4.78 is 28.2. The Kier molecular flexibility index (Phi) is 5.88. The molecule has 0 saturated heterocycles. The van der Waals surface area contributed by atoms with Crippen molar-refractivity contribution in [2.24, 2.45) is 0 Å². The SMILES string of the molecule is Cc1c(C(=O)NS(=O)(=O)c2cc(Cl)ccc2Cl)nnn1-c1ccc(Cl)cc1Cl. The van der Waals surface area contributed by atoms with Crippen molar-refractivity contribution in [3.63, 3.8) is 0 Å². The Morgan fingerprint density at radius 2 is 1.64 bits per heavy atom. The second kappa shape index (κ2) is 7.88. The van der Waals surface area contributed by atoms with Gasteiger partial charge >= 0.3 is 0 Å². The predicted molar refractivity (Wildman–Crippen MR) is 107 cm³/mol. The number of amides is 1. The number of hydrogen-bond donors (Lipinski definition) is 1. The highest BCUT2D eigenvalue weighted by molar-refractivity contribution is 7.90. The minimum atomic E-state index is -4.28. The highest BCUT2D eigenvalue weighted by atomic mass is 35.5. The minimum Gasteiger partial charge on any atom is -0.266 e. The van der Waals surface area contributed by atoms with Crippen LogP contribution in [0.15, 0.2) is 41.3 Å². The summed E-state index contributed by atoms with van der Waals surface area (Å²) in [6.45, 7) is 1.54. The van der Waals surface area contributed by atoms with E-state index in [1.807, 2.05) is 4.72 Å². The second-order valence-electron chi connectivity index (χ2n) is 5.54. The summed E-state index contributed by atoms with van der Waals surface area (Å²) in [5.41, 5.74) is 0.498. The molecule has 0 atom stereocenters. The van der Waals surface area contributed by atoms with Crippen LogP contribution in [0, 0.1) is 6.92 Å². The van der Waals surface area contributed by atoms with Crippen LogP contribution in [0.5, 0.6) is 0 Å². The molecule has 1 N–H and O–H groups in total. The maximum Gasteiger partial charge on any atom is 0.287 e. The van der Waals surface area contributed by atoms with E-state index in [-0.39, 0.29) is 31.4 Å². The topological polar surface area (TPSA) is 93.9 Å². The van der Waals surface area contributed by atoms with E-state index in [1.165, 1.54) is 22.9 Å². The summed E-state index contributed by atoms with van der Waals surface area (Å²) in [5, 5.41) is 8.40. The molecular weight excluding hydrogens is 470 g/mol. The second-order valence-corrected chi connectivity index (χ2v) is 8.88. The standard InChI is InChI=1S/C16H10Cl4N4O3S/c1-8-15(21-23-24(8)13-5-3-9(17)6-12(13)20)16(25)22-28(26,27)14-7-10(18)2-4-11(14)19/h2-7H,1H3,(H,22,25). The number of benzene rings is 2. The Balaban J connectivity index is 1.94. The Bertz CT molecular complexity index is 1190. The number of aromatic nitrogens is 3. The van der Waals surface area contributed by atoms with Crippen LogP contribution in [0.2, 0.25) is 20.1 Å². The monoisotopic (exact) mass is 478 g/mol. The van der Waals surface area contributed by atoms with Gasteiger partial charge in [-0.15, -0.1) is 5.10 Å². The van der Waals surface area contributed by atoms with E-state index in [0.717, 1.165) is 6.07 Å². The predicted octanol–water partition coefficient (Wildman–Crippen LogP) is 4.31. The molecule has 0 fully saturated rings. The maximum absolute atomic E-state index is 12.5. The van der Waals surface area contributed by atoms with Crippen LogP contribution >= 0.6 is 46.4 Å². The third kappa shape index (κ3) is 4.11. The van der Waals surface area contributed by atoms with Crippen LogP contribution in [-0.4, -0.2) is 29.3 Å². The first-order valence-electron chi connectivity index (χ1n) is 7.50. The average Bonchev–Trinajstić information content (AvgIpc) is 2.98. The van der Waals surface area contributed by atoms with Gasteiger partial charge < -0.3 is 0 Å². The molecule has 3 aromatic rings. The summed E-state index contributed by atoms with van der Waals surface area (Å²) in [7, 11) is -4.28. The van der Waals surface area contributed by atoms with Crippen molar-refractivity contribution in [2.75, 3.05) is 0 Å². The van der Waals surface area contributed by atoms with Crippen molar-refractivity contribution in [2.45, 2.75) is 11.8 Å². The van der Waals surface area contributed by atoms with Gasteiger partial charge in [-0.25, -0.2) is 17.8 Å². The van der Waals surface area contributed by atoms with Gasteiger partial charge in [0.05, 0.1) is 21.4 Å². The smallest absolute Gasteiger partial charge is 0.266 e. The highest BCUT2D eigenvalue weighted by Crippen LogP contribution is 2.26. The first-order valence-corrected chi connectivity index (χ1v) is 10.5. The number of rotatable bonds is 4. The van der Waals surface area contributed by atoms with Crippen molar-refractivity contribution in [3.8, 4) is 5.69 Å². The molecule has 0 spiro atoms. The molecule has 28 heavy (non-hydrogen) atoms. The van der Waals surface area contributed by atoms with Crippen molar-refractivity contribution in [1.82, 2.24) is 19.7 Å². The Hall–Kier alpha value is -1.84. The molecule has 2 aromatic carbocycles. The van der Waals surface area contributed by atoms with Gasteiger partial charge in [-0.05, 0) is 43.3 Å². The zero-order chi connectivity index (χ0) is 20.6. The molecule has 12 heteroatoms. The molecule has 0 unspecified atom stereocenters. The van der Waals surface area contributed by atoms with E-state index < -0.39 is 15.9 Å². The van der Waals surface area contributed by atoms with Crippen LogP contribution in [-0.2, 0) is 10.0 Å². The molecule has 1 amide bonds. The molecule has 1 aromatic heterocycles. The fraction of sp³-hybridized carbons (Fsp3) is 0.0625. The zero-order valence-corrected chi connectivity index (χ0v) is 17.8. The van der Waals surface area contributed by atoms with Crippen molar-refractivity contribution >= 4 is 62.3 Å². The highest BCUT2D eigenvalue weighted by Gasteiger charge is 2.26. The molecule has 1 heterocycles. The molecule has 0 bridgehead atoms. The zero-order valence-electron chi connectivity index (χ0n) is 14.0. The maximum atomic E-state index is 12.5. The lowest BCUT2D eigenvalue weighted by Crippen LogP contribution is -2.31. The molecular formula is C16H10Cl4N4O3S.